The van der Waals surface area contributed by atoms with Crippen LogP contribution in [0.2, 0.25) is 0 Å². The van der Waals surface area contributed by atoms with E-state index in [1.54, 1.807) is 19.1 Å². The molecule has 0 radical (unpaired) electrons. The zero-order valence-electron chi connectivity index (χ0n) is 32.1. The summed E-state index contributed by atoms with van der Waals surface area (Å²) in [5.41, 5.74) is 0.829. The van der Waals surface area contributed by atoms with Gasteiger partial charge in [-0.1, -0.05) is 12.1 Å². The highest BCUT2D eigenvalue weighted by atomic mass is 16.8. The Morgan fingerprint density at radius 2 is 1.48 bits per heavy atom. The fraction of sp³-hybridized carbons (Fsp3) is 0.541. The number of aromatic hydroxyl groups is 1. The zero-order chi connectivity index (χ0) is 41.7. The van der Waals surface area contributed by atoms with E-state index in [1.165, 1.54) is 19.1 Å². The summed E-state index contributed by atoms with van der Waals surface area (Å²) >= 11 is 0. The molecule has 8 atom stereocenters. The van der Waals surface area contributed by atoms with Gasteiger partial charge in [-0.3, -0.25) is 28.8 Å². The van der Waals surface area contributed by atoms with E-state index in [0.29, 0.717) is 5.56 Å². The molecule has 19 heteroatoms. The lowest BCUT2D eigenvalue weighted by atomic mass is 9.86. The standard InChI is InChI=1S/C37H46O19/c1-9-25-26(15-31(51-20(4)40)47-13-12-24-10-11-29(28(44)14-24)50-19(3)39)27(35(45)46-8)16-49-36(25)56-37-34(54-23(7)43)33(53-22(6)42)32(52-21(5)41)30(55-37)17-48-18(2)38/h9-11,14,16,26,30-34,36-37,44H,12-13,15,17H2,1-8H3/b25-9+/t26-,30+,31?,32+,33-,34+,36-,37-/m0/s1. The predicted octanol–water partition coefficient (Wildman–Crippen LogP) is 2.23. The number of allylic oxidation sites excluding steroid dienone is 1. The topological polar surface area (TPSA) is 241 Å². The molecule has 56 heavy (non-hydrogen) atoms. The number of phenols is 1. The molecule has 19 nitrogen and oxygen atoms in total. The Morgan fingerprint density at radius 3 is 2.04 bits per heavy atom. The second-order valence-electron chi connectivity index (χ2n) is 12.4. The molecule has 1 aromatic rings. The first-order valence-electron chi connectivity index (χ1n) is 17.3. The highest BCUT2D eigenvalue weighted by molar-refractivity contribution is 5.89. The molecule has 2 heterocycles. The van der Waals surface area contributed by atoms with E-state index >= 15 is 0 Å². The fourth-order valence-electron chi connectivity index (χ4n) is 5.87. The molecule has 0 amide bonds. The van der Waals surface area contributed by atoms with Crippen molar-refractivity contribution in [1.82, 2.24) is 0 Å². The molecule has 308 valence electrons. The third kappa shape index (κ3) is 13.1. The van der Waals surface area contributed by atoms with Crippen LogP contribution in [-0.4, -0.2) is 111 Å². The maximum Gasteiger partial charge on any atom is 0.337 e. The van der Waals surface area contributed by atoms with E-state index in [0.717, 1.165) is 48.0 Å². The molecule has 1 fully saturated rings. The van der Waals surface area contributed by atoms with Gasteiger partial charge in [-0.2, -0.15) is 0 Å². The third-order valence-corrected chi connectivity index (χ3v) is 8.03. The number of rotatable bonds is 16. The summed E-state index contributed by atoms with van der Waals surface area (Å²) in [6.45, 7) is 7.76. The van der Waals surface area contributed by atoms with Crippen LogP contribution in [0, 0.1) is 5.92 Å². The van der Waals surface area contributed by atoms with Gasteiger partial charge in [0.25, 0.3) is 0 Å². The Kier molecular flexibility index (Phi) is 16.8. The van der Waals surface area contributed by atoms with Crippen LogP contribution in [-0.2, 0) is 87.4 Å². The summed E-state index contributed by atoms with van der Waals surface area (Å²) in [7, 11) is 1.15. The van der Waals surface area contributed by atoms with Gasteiger partial charge in [-0.15, -0.1) is 0 Å². The highest BCUT2D eigenvalue weighted by Crippen LogP contribution is 2.38. The van der Waals surface area contributed by atoms with Gasteiger partial charge in [0.05, 0.1) is 25.6 Å². The number of ether oxygens (including phenoxy) is 11. The fourth-order valence-corrected chi connectivity index (χ4v) is 5.87. The second-order valence-corrected chi connectivity index (χ2v) is 12.4. The molecular weight excluding hydrogens is 748 g/mol. The van der Waals surface area contributed by atoms with Crippen molar-refractivity contribution in [2.45, 2.75) is 105 Å². The number of esters is 7. The average Bonchev–Trinajstić information content (AvgIpc) is 3.09. The van der Waals surface area contributed by atoms with Crippen LogP contribution in [0.1, 0.15) is 60.5 Å². The van der Waals surface area contributed by atoms with Crippen LogP contribution in [0.3, 0.4) is 0 Å². The van der Waals surface area contributed by atoms with Gasteiger partial charge in [0.15, 0.2) is 29.8 Å². The Balaban J connectivity index is 1.95. The number of methoxy groups -OCH3 is 1. The van der Waals surface area contributed by atoms with Gasteiger partial charge < -0.3 is 57.2 Å². The second kappa shape index (κ2) is 21.0. The lowest BCUT2D eigenvalue weighted by Crippen LogP contribution is -2.63. The minimum Gasteiger partial charge on any atom is -0.504 e. The molecule has 1 aromatic carbocycles. The SMILES string of the molecule is C/C=C1/[C@H](O[C@@H]2O[C@H](COC(C)=O)[C@@H](OC(C)=O)[C@H](OC(C)=O)[C@H]2OC(C)=O)OC=C(C(=O)OC)[C@H]1CC(OCCc1ccc(OC(C)=O)c(O)c1)OC(C)=O. The number of hydrogen-bond acceptors (Lipinski definition) is 19. The summed E-state index contributed by atoms with van der Waals surface area (Å²) in [5, 5.41) is 10.2. The molecule has 2 aliphatic heterocycles. The van der Waals surface area contributed by atoms with E-state index < -0.39 is 97.6 Å². The Labute approximate surface area is 322 Å². The quantitative estimate of drug-likeness (QED) is 0.0829. The van der Waals surface area contributed by atoms with Gasteiger partial charge in [0, 0.05) is 59.5 Å². The van der Waals surface area contributed by atoms with Crippen molar-refractivity contribution < 1.29 is 90.8 Å². The smallest absolute Gasteiger partial charge is 0.337 e. The summed E-state index contributed by atoms with van der Waals surface area (Å²) in [5.74, 6) is -6.63. The van der Waals surface area contributed by atoms with Crippen molar-refractivity contribution in [1.29, 1.82) is 0 Å². The summed E-state index contributed by atoms with van der Waals surface area (Å²) < 4.78 is 61.0. The van der Waals surface area contributed by atoms with E-state index in [4.69, 9.17) is 52.1 Å². The van der Waals surface area contributed by atoms with Gasteiger partial charge in [0.2, 0.25) is 18.9 Å². The van der Waals surface area contributed by atoms with Crippen LogP contribution < -0.4 is 4.74 Å². The number of carbonyl (C=O) groups excluding carboxylic acids is 7. The van der Waals surface area contributed by atoms with Crippen LogP contribution >= 0.6 is 0 Å². The first kappa shape index (κ1) is 44.9. The molecule has 2 aliphatic rings. The minimum absolute atomic E-state index is 0.0197. The zero-order valence-corrected chi connectivity index (χ0v) is 32.1. The molecule has 1 saturated heterocycles. The number of benzene rings is 1. The normalized spacial score (nSPS) is 24.3. The molecular formula is C37H46O19. The molecule has 0 bridgehead atoms. The lowest BCUT2D eigenvalue weighted by Gasteiger charge is -2.45. The lowest BCUT2D eigenvalue weighted by molar-refractivity contribution is -0.331. The van der Waals surface area contributed by atoms with Gasteiger partial charge in [0.1, 0.15) is 12.7 Å². The summed E-state index contributed by atoms with van der Waals surface area (Å²) in [6, 6.07) is 4.40. The monoisotopic (exact) mass is 794 g/mol. The molecule has 0 aromatic heterocycles. The van der Waals surface area contributed by atoms with Gasteiger partial charge in [-0.05, 0) is 31.0 Å². The van der Waals surface area contributed by atoms with Crippen LogP contribution in [0.5, 0.6) is 11.5 Å². The molecule has 0 aliphatic carbocycles. The van der Waals surface area contributed by atoms with Crippen LogP contribution in [0.4, 0.5) is 0 Å². The molecule has 1 N–H and O–H groups in total. The van der Waals surface area contributed by atoms with Crippen LogP contribution in [0.15, 0.2) is 41.7 Å². The molecule has 1 unspecified atom stereocenters. The van der Waals surface area contributed by atoms with E-state index in [9.17, 15) is 38.7 Å². The minimum atomic E-state index is -1.64. The third-order valence-electron chi connectivity index (χ3n) is 8.03. The van der Waals surface area contributed by atoms with Crippen molar-refractivity contribution >= 4 is 41.8 Å². The molecule has 0 spiro atoms. The van der Waals surface area contributed by atoms with Crippen molar-refractivity contribution in [3.05, 3.63) is 47.2 Å². The van der Waals surface area contributed by atoms with E-state index in [1.807, 2.05) is 0 Å². The summed E-state index contributed by atoms with van der Waals surface area (Å²) in [4.78, 5) is 85.0. The number of carbonyl (C=O) groups is 7. The van der Waals surface area contributed by atoms with Gasteiger partial charge in [-0.25, -0.2) is 4.79 Å². The van der Waals surface area contributed by atoms with Crippen molar-refractivity contribution in [3.63, 3.8) is 0 Å². The van der Waals surface area contributed by atoms with Crippen molar-refractivity contribution in [2.24, 2.45) is 5.92 Å². The van der Waals surface area contributed by atoms with Crippen LogP contribution in [0.25, 0.3) is 0 Å². The Bertz CT molecular complexity index is 1680. The molecule has 0 saturated carbocycles. The maximum atomic E-state index is 13.0. The largest absolute Gasteiger partial charge is 0.504 e. The van der Waals surface area contributed by atoms with E-state index in [2.05, 4.69) is 0 Å². The first-order chi connectivity index (χ1) is 26.4. The predicted molar refractivity (Wildman–Crippen MR) is 185 cm³/mol. The average molecular weight is 795 g/mol. The Morgan fingerprint density at radius 1 is 0.839 bits per heavy atom. The first-order valence-corrected chi connectivity index (χ1v) is 17.3. The van der Waals surface area contributed by atoms with Crippen molar-refractivity contribution in [2.75, 3.05) is 20.3 Å². The Hall–Kier alpha value is -5.53. The molecule has 3 rings (SSSR count). The van der Waals surface area contributed by atoms with Gasteiger partial charge >= 0.3 is 41.8 Å². The number of hydrogen-bond donors (Lipinski definition) is 1. The highest BCUT2D eigenvalue weighted by Gasteiger charge is 2.54. The van der Waals surface area contributed by atoms with E-state index in [-0.39, 0.29) is 42.1 Å². The van der Waals surface area contributed by atoms with Crippen molar-refractivity contribution in [3.8, 4) is 11.5 Å². The summed E-state index contributed by atoms with van der Waals surface area (Å²) in [6.07, 6.45) is -7.56. The number of phenolic OH excluding ortho intramolecular Hbond substituents is 1. The maximum absolute atomic E-state index is 13.0.